The predicted octanol–water partition coefficient (Wildman–Crippen LogP) is 2.49. The van der Waals surface area contributed by atoms with E-state index in [1.54, 1.807) is 6.92 Å². The minimum Gasteiger partial charge on any atom is -0.486 e. The Morgan fingerprint density at radius 3 is 2.61 bits per heavy atom. The second-order valence-corrected chi connectivity index (χ2v) is 4.60. The lowest BCUT2D eigenvalue weighted by Crippen LogP contribution is -2.19. The van der Waals surface area contributed by atoms with Crippen molar-refractivity contribution >= 4 is 0 Å². The van der Waals surface area contributed by atoms with Crippen LogP contribution in [0.2, 0.25) is 0 Å². The summed E-state index contributed by atoms with van der Waals surface area (Å²) in [5.74, 6) is -2.14. The van der Waals surface area contributed by atoms with Crippen LogP contribution in [0.4, 0.5) is 8.78 Å². The zero-order valence-corrected chi connectivity index (χ0v) is 10.4. The van der Waals surface area contributed by atoms with Crippen LogP contribution in [0, 0.1) is 0 Å². The first-order valence-electron chi connectivity index (χ1n) is 5.87. The number of aliphatic hydroxyl groups is 1. The highest BCUT2D eigenvalue weighted by Crippen LogP contribution is 2.40. The van der Waals surface area contributed by atoms with Crippen LogP contribution in [0.25, 0.3) is 0 Å². The van der Waals surface area contributed by atoms with Crippen LogP contribution >= 0.6 is 0 Å². The maximum absolute atomic E-state index is 13.4. The van der Waals surface area contributed by atoms with Gasteiger partial charge < -0.3 is 14.6 Å². The first kappa shape index (κ1) is 13.1. The molecule has 3 nitrogen and oxygen atoms in total. The molecule has 0 fully saturated rings. The van der Waals surface area contributed by atoms with Gasteiger partial charge in [-0.2, -0.15) is 0 Å². The molecule has 5 heteroatoms. The van der Waals surface area contributed by atoms with Gasteiger partial charge in [0.25, 0.3) is 5.92 Å². The van der Waals surface area contributed by atoms with Gasteiger partial charge in [-0.25, -0.2) is 8.78 Å². The number of alkyl halides is 2. The fourth-order valence-electron chi connectivity index (χ4n) is 1.95. The van der Waals surface area contributed by atoms with Gasteiger partial charge in [-0.05, 0) is 19.1 Å². The van der Waals surface area contributed by atoms with E-state index in [9.17, 15) is 13.9 Å². The Labute approximate surface area is 104 Å². The molecule has 1 aliphatic rings. The molecule has 0 saturated carbocycles. The van der Waals surface area contributed by atoms with Crippen molar-refractivity contribution in [2.75, 3.05) is 13.2 Å². The molecule has 100 valence electrons. The standard InChI is InChI=1S/C13H16F2O3/c1-8(16)5-9-6-10(13(2,14)15)7-11-12(9)18-4-3-17-11/h6-8,16H,3-5H2,1-2H3. The molecule has 0 spiro atoms. The summed E-state index contributed by atoms with van der Waals surface area (Å²) in [4.78, 5) is 0. The van der Waals surface area contributed by atoms with Crippen LogP contribution in [0.1, 0.15) is 25.0 Å². The quantitative estimate of drug-likeness (QED) is 0.905. The molecule has 18 heavy (non-hydrogen) atoms. The van der Waals surface area contributed by atoms with Crippen LogP contribution in [0.5, 0.6) is 11.5 Å². The highest BCUT2D eigenvalue weighted by molar-refractivity contribution is 5.51. The molecule has 0 aromatic heterocycles. The summed E-state index contributed by atoms with van der Waals surface area (Å²) < 4.78 is 37.5. The number of rotatable bonds is 3. The second-order valence-electron chi connectivity index (χ2n) is 4.60. The number of ether oxygens (including phenoxy) is 2. The van der Waals surface area contributed by atoms with Crippen LogP contribution in [0.3, 0.4) is 0 Å². The van der Waals surface area contributed by atoms with Crippen LogP contribution in [-0.4, -0.2) is 24.4 Å². The third-order valence-corrected chi connectivity index (χ3v) is 2.74. The predicted molar refractivity (Wildman–Crippen MR) is 62.4 cm³/mol. The first-order chi connectivity index (χ1) is 8.38. The molecule has 1 aromatic rings. The number of halogens is 2. The van der Waals surface area contributed by atoms with E-state index in [1.807, 2.05) is 0 Å². The third-order valence-electron chi connectivity index (χ3n) is 2.74. The molecule has 1 heterocycles. The molecule has 1 unspecified atom stereocenters. The summed E-state index contributed by atoms with van der Waals surface area (Å²) in [5.41, 5.74) is 0.432. The van der Waals surface area contributed by atoms with Crippen LogP contribution in [-0.2, 0) is 12.3 Å². The summed E-state index contributed by atoms with van der Waals surface area (Å²) >= 11 is 0. The monoisotopic (exact) mass is 258 g/mol. The van der Waals surface area contributed by atoms with Crippen molar-refractivity contribution < 1.29 is 23.4 Å². The van der Waals surface area contributed by atoms with Crippen LogP contribution in [0.15, 0.2) is 12.1 Å². The van der Waals surface area contributed by atoms with Gasteiger partial charge in [-0.1, -0.05) is 0 Å². The van der Waals surface area contributed by atoms with Gasteiger partial charge in [-0.3, -0.25) is 0 Å². The van der Waals surface area contributed by atoms with Gasteiger partial charge in [-0.15, -0.1) is 0 Å². The van der Waals surface area contributed by atoms with Crippen molar-refractivity contribution in [3.63, 3.8) is 0 Å². The largest absolute Gasteiger partial charge is 0.486 e. The highest BCUT2D eigenvalue weighted by atomic mass is 19.3. The third kappa shape index (κ3) is 2.72. The summed E-state index contributed by atoms with van der Waals surface area (Å²) in [6.45, 7) is 3.18. The number of aliphatic hydroxyl groups excluding tert-OH is 1. The second kappa shape index (κ2) is 4.72. The molecule has 1 aliphatic heterocycles. The molecule has 2 rings (SSSR count). The highest BCUT2D eigenvalue weighted by Gasteiger charge is 2.29. The van der Waals surface area contributed by atoms with Gasteiger partial charge >= 0.3 is 0 Å². The van der Waals surface area contributed by atoms with E-state index in [0.29, 0.717) is 30.3 Å². The number of fused-ring (bicyclic) bond motifs is 1. The van der Waals surface area contributed by atoms with E-state index in [1.165, 1.54) is 12.1 Å². The van der Waals surface area contributed by atoms with Gasteiger partial charge in [0.2, 0.25) is 0 Å². The summed E-state index contributed by atoms with van der Waals surface area (Å²) in [6, 6.07) is 2.68. The number of hydrogen-bond donors (Lipinski definition) is 1. The summed E-state index contributed by atoms with van der Waals surface area (Å²) in [5, 5.41) is 9.42. The van der Waals surface area contributed by atoms with Crippen molar-refractivity contribution in [1.82, 2.24) is 0 Å². The SMILES string of the molecule is CC(O)Cc1cc(C(C)(F)F)cc2c1OCCO2. The fourth-order valence-corrected chi connectivity index (χ4v) is 1.95. The molecular weight excluding hydrogens is 242 g/mol. The average molecular weight is 258 g/mol. The Hall–Kier alpha value is -1.36. The van der Waals surface area contributed by atoms with E-state index >= 15 is 0 Å². The lowest BCUT2D eigenvalue weighted by molar-refractivity contribution is 0.0167. The summed E-state index contributed by atoms with van der Waals surface area (Å²) in [7, 11) is 0. The molecule has 1 aromatic carbocycles. The molecule has 0 radical (unpaired) electrons. The number of benzene rings is 1. The lowest BCUT2D eigenvalue weighted by atomic mass is 10.00. The zero-order valence-electron chi connectivity index (χ0n) is 10.4. The Morgan fingerprint density at radius 1 is 1.33 bits per heavy atom. The molecule has 1 N–H and O–H groups in total. The van der Waals surface area contributed by atoms with E-state index in [0.717, 1.165) is 6.92 Å². The smallest absolute Gasteiger partial charge is 0.270 e. The molecule has 0 saturated heterocycles. The Morgan fingerprint density at radius 2 is 2.00 bits per heavy atom. The van der Waals surface area contributed by atoms with Crippen molar-refractivity contribution in [2.45, 2.75) is 32.3 Å². The van der Waals surface area contributed by atoms with Gasteiger partial charge in [0, 0.05) is 24.5 Å². The zero-order chi connectivity index (χ0) is 13.3. The van der Waals surface area contributed by atoms with Crippen molar-refractivity contribution in [3.8, 4) is 11.5 Å². The van der Waals surface area contributed by atoms with Crippen molar-refractivity contribution in [2.24, 2.45) is 0 Å². The Bertz CT molecular complexity index is 439. The molecule has 0 amide bonds. The molecule has 1 atom stereocenters. The van der Waals surface area contributed by atoms with Crippen molar-refractivity contribution in [1.29, 1.82) is 0 Å². The van der Waals surface area contributed by atoms with E-state index in [-0.39, 0.29) is 12.0 Å². The van der Waals surface area contributed by atoms with Gasteiger partial charge in [0.05, 0.1) is 6.10 Å². The minimum atomic E-state index is -2.94. The Balaban J connectivity index is 2.48. The van der Waals surface area contributed by atoms with Gasteiger partial charge in [0.15, 0.2) is 11.5 Å². The van der Waals surface area contributed by atoms with E-state index in [4.69, 9.17) is 9.47 Å². The van der Waals surface area contributed by atoms with E-state index < -0.39 is 12.0 Å². The maximum Gasteiger partial charge on any atom is 0.270 e. The number of hydrogen-bond acceptors (Lipinski definition) is 3. The maximum atomic E-state index is 13.4. The van der Waals surface area contributed by atoms with Crippen molar-refractivity contribution in [3.05, 3.63) is 23.3 Å². The molecule has 0 bridgehead atoms. The fraction of sp³-hybridized carbons (Fsp3) is 0.538. The molecule has 0 aliphatic carbocycles. The lowest BCUT2D eigenvalue weighted by Gasteiger charge is -2.24. The first-order valence-corrected chi connectivity index (χ1v) is 5.87. The molecular formula is C13H16F2O3. The van der Waals surface area contributed by atoms with Gasteiger partial charge in [0.1, 0.15) is 13.2 Å². The normalized spacial score (nSPS) is 16.5. The topological polar surface area (TPSA) is 38.7 Å². The van der Waals surface area contributed by atoms with Crippen LogP contribution < -0.4 is 9.47 Å². The van der Waals surface area contributed by atoms with E-state index in [2.05, 4.69) is 0 Å². The Kier molecular flexibility index (Phi) is 3.43. The average Bonchev–Trinajstić information content (AvgIpc) is 2.27. The minimum absolute atomic E-state index is 0.123. The summed E-state index contributed by atoms with van der Waals surface area (Å²) in [6.07, 6.45) is -0.365.